The Morgan fingerprint density at radius 2 is 2.14 bits per heavy atom. The van der Waals surface area contributed by atoms with Gasteiger partial charge in [0.1, 0.15) is 0 Å². The number of aryl methyl sites for hydroxylation is 1. The molecule has 102 valence electrons. The van der Waals surface area contributed by atoms with Crippen molar-refractivity contribution in [3.05, 3.63) is 41.0 Å². The van der Waals surface area contributed by atoms with Crippen molar-refractivity contribution in [1.82, 2.24) is 14.5 Å². The standard InChI is InChI=1S/C17H14N4/c1-10-12(9-18-2)11-6-7-13-15(16(11)20-10)17-14(21(13)3)5-4-8-19-17/h4-9,20H,1-2H2,3H3/b12-9+. The Kier molecular flexibility index (Phi) is 2.30. The molecule has 4 heteroatoms. The van der Waals surface area contributed by atoms with Gasteiger partial charge >= 0.3 is 0 Å². The number of benzene rings is 1. The van der Waals surface area contributed by atoms with E-state index in [4.69, 9.17) is 0 Å². The van der Waals surface area contributed by atoms with E-state index in [9.17, 15) is 0 Å². The summed E-state index contributed by atoms with van der Waals surface area (Å²) in [6.07, 6.45) is 3.57. The molecule has 1 aromatic carbocycles. The second-order valence-electron chi connectivity index (χ2n) is 5.14. The second kappa shape index (κ2) is 4.06. The summed E-state index contributed by atoms with van der Waals surface area (Å²) in [4.78, 5) is 11.8. The van der Waals surface area contributed by atoms with E-state index in [2.05, 4.69) is 58.1 Å². The number of H-pyrrole nitrogens is 1. The van der Waals surface area contributed by atoms with Crippen molar-refractivity contribution in [1.29, 1.82) is 0 Å². The summed E-state index contributed by atoms with van der Waals surface area (Å²) >= 11 is 0. The van der Waals surface area contributed by atoms with Crippen LogP contribution in [-0.2, 0) is 7.05 Å². The van der Waals surface area contributed by atoms with Crippen molar-refractivity contribution in [2.75, 3.05) is 0 Å². The molecule has 0 spiro atoms. The van der Waals surface area contributed by atoms with E-state index in [1.54, 1.807) is 6.20 Å². The van der Waals surface area contributed by atoms with Gasteiger partial charge in [-0.15, -0.1) is 0 Å². The molecule has 1 N–H and O–H groups in total. The molecule has 0 bridgehead atoms. The monoisotopic (exact) mass is 274 g/mol. The third-order valence-electron chi connectivity index (χ3n) is 4.04. The zero-order chi connectivity index (χ0) is 14.6. The van der Waals surface area contributed by atoms with E-state index in [1.807, 2.05) is 12.3 Å². The van der Waals surface area contributed by atoms with Crippen LogP contribution in [0, 0.1) is 0 Å². The molecule has 0 aliphatic carbocycles. The van der Waals surface area contributed by atoms with Crippen LogP contribution in [0.1, 0.15) is 0 Å². The van der Waals surface area contributed by atoms with Crippen LogP contribution in [0.25, 0.3) is 45.6 Å². The van der Waals surface area contributed by atoms with Gasteiger partial charge in [0.25, 0.3) is 0 Å². The highest BCUT2D eigenvalue weighted by Gasteiger charge is 2.13. The average molecular weight is 274 g/mol. The lowest BCUT2D eigenvalue weighted by molar-refractivity contribution is 1.01. The Bertz CT molecular complexity index is 1130. The summed E-state index contributed by atoms with van der Waals surface area (Å²) in [5.74, 6) is 0. The molecule has 0 fully saturated rings. The van der Waals surface area contributed by atoms with Crippen LogP contribution in [0.15, 0.2) is 35.5 Å². The van der Waals surface area contributed by atoms with E-state index in [1.165, 1.54) is 0 Å². The second-order valence-corrected chi connectivity index (χ2v) is 5.14. The Balaban J connectivity index is 2.38. The van der Waals surface area contributed by atoms with E-state index >= 15 is 0 Å². The minimum Gasteiger partial charge on any atom is -0.354 e. The zero-order valence-electron chi connectivity index (χ0n) is 11.7. The molecule has 3 aromatic heterocycles. The Morgan fingerprint density at radius 1 is 1.29 bits per heavy atom. The summed E-state index contributed by atoms with van der Waals surface area (Å²) in [7, 11) is 2.06. The molecule has 0 saturated carbocycles. The number of pyridine rings is 1. The molecular weight excluding hydrogens is 260 g/mol. The van der Waals surface area contributed by atoms with E-state index < -0.39 is 0 Å². The first-order chi connectivity index (χ1) is 10.2. The number of rotatable bonds is 1. The van der Waals surface area contributed by atoms with Gasteiger partial charge in [0.15, 0.2) is 0 Å². The lowest BCUT2D eigenvalue weighted by Crippen LogP contribution is -2.19. The summed E-state index contributed by atoms with van der Waals surface area (Å²) < 4.78 is 2.16. The number of nitrogens with zero attached hydrogens (tertiary/aromatic N) is 3. The molecule has 0 radical (unpaired) electrons. The van der Waals surface area contributed by atoms with Crippen molar-refractivity contribution in [2.45, 2.75) is 0 Å². The lowest BCUT2D eigenvalue weighted by Gasteiger charge is -1.97. The summed E-state index contributed by atoms with van der Waals surface area (Å²) in [6.45, 7) is 7.60. The van der Waals surface area contributed by atoms with Crippen molar-refractivity contribution in [3.8, 4) is 0 Å². The summed E-state index contributed by atoms with van der Waals surface area (Å²) in [5, 5.41) is 4.05. The number of hydrogen-bond donors (Lipinski definition) is 1. The topological polar surface area (TPSA) is 46.0 Å². The van der Waals surface area contributed by atoms with Crippen LogP contribution < -0.4 is 10.6 Å². The fraction of sp³-hybridized carbons (Fsp3) is 0.0588. The van der Waals surface area contributed by atoms with Crippen molar-refractivity contribution in [3.63, 3.8) is 0 Å². The van der Waals surface area contributed by atoms with Gasteiger partial charge in [-0.2, -0.15) is 0 Å². The predicted molar refractivity (Wildman–Crippen MR) is 88.9 cm³/mol. The largest absolute Gasteiger partial charge is 0.354 e. The molecule has 0 unspecified atom stereocenters. The number of aliphatic imine (C=N–C) groups is 1. The van der Waals surface area contributed by atoms with Gasteiger partial charge in [0.2, 0.25) is 0 Å². The van der Waals surface area contributed by atoms with Gasteiger partial charge in [-0.3, -0.25) is 9.98 Å². The summed E-state index contributed by atoms with van der Waals surface area (Å²) in [5.41, 5.74) is 4.32. The van der Waals surface area contributed by atoms with Crippen LogP contribution in [0.2, 0.25) is 0 Å². The quantitative estimate of drug-likeness (QED) is 0.531. The van der Waals surface area contributed by atoms with Crippen LogP contribution >= 0.6 is 0 Å². The van der Waals surface area contributed by atoms with Crippen molar-refractivity contribution < 1.29 is 0 Å². The molecule has 4 rings (SSSR count). The van der Waals surface area contributed by atoms with Gasteiger partial charge in [0.05, 0.1) is 27.5 Å². The highest BCUT2D eigenvalue weighted by molar-refractivity contribution is 6.18. The zero-order valence-corrected chi connectivity index (χ0v) is 11.7. The normalized spacial score (nSPS) is 12.7. The molecule has 0 aliphatic rings. The number of aromatic nitrogens is 3. The minimum absolute atomic E-state index is 0.845. The molecule has 21 heavy (non-hydrogen) atoms. The maximum absolute atomic E-state index is 4.56. The van der Waals surface area contributed by atoms with Gasteiger partial charge in [-0.25, -0.2) is 0 Å². The third-order valence-corrected chi connectivity index (χ3v) is 4.04. The number of aromatic amines is 1. The van der Waals surface area contributed by atoms with Crippen molar-refractivity contribution in [2.24, 2.45) is 12.0 Å². The minimum atomic E-state index is 0.845. The first-order valence-electron chi connectivity index (χ1n) is 6.71. The first kappa shape index (κ1) is 11.9. The molecular formula is C17H14N4. The van der Waals surface area contributed by atoms with Crippen LogP contribution in [0.5, 0.6) is 0 Å². The van der Waals surface area contributed by atoms with Crippen LogP contribution in [0.4, 0.5) is 0 Å². The van der Waals surface area contributed by atoms with E-state index in [0.29, 0.717) is 0 Å². The highest BCUT2D eigenvalue weighted by atomic mass is 15.0. The maximum Gasteiger partial charge on any atom is 0.0980 e. The molecule has 3 heterocycles. The van der Waals surface area contributed by atoms with Crippen LogP contribution in [-0.4, -0.2) is 21.3 Å². The fourth-order valence-corrected chi connectivity index (χ4v) is 3.07. The Labute approximate surface area is 120 Å². The van der Waals surface area contributed by atoms with E-state index in [-0.39, 0.29) is 0 Å². The van der Waals surface area contributed by atoms with Gasteiger partial charge in [-0.1, -0.05) is 12.6 Å². The highest BCUT2D eigenvalue weighted by Crippen LogP contribution is 2.30. The number of nitrogens with one attached hydrogen (secondary N) is 1. The van der Waals surface area contributed by atoms with E-state index in [0.717, 1.165) is 43.4 Å². The fourth-order valence-electron chi connectivity index (χ4n) is 3.07. The molecule has 4 aromatic rings. The Hall–Kier alpha value is -2.88. The molecule has 0 saturated heterocycles. The first-order valence-corrected chi connectivity index (χ1v) is 6.71. The molecule has 4 nitrogen and oxygen atoms in total. The lowest BCUT2D eigenvalue weighted by atomic mass is 10.1. The smallest absolute Gasteiger partial charge is 0.0980 e. The van der Waals surface area contributed by atoms with Gasteiger partial charge in [-0.05, 0) is 24.9 Å². The predicted octanol–water partition coefficient (Wildman–Crippen LogP) is 2.06. The number of hydrogen-bond acceptors (Lipinski definition) is 2. The molecule has 0 amide bonds. The number of fused-ring (bicyclic) bond motifs is 5. The molecule has 0 aliphatic heterocycles. The summed E-state index contributed by atoms with van der Waals surface area (Å²) in [6, 6.07) is 8.26. The van der Waals surface area contributed by atoms with Gasteiger partial charge in [0, 0.05) is 35.4 Å². The third kappa shape index (κ3) is 1.44. The van der Waals surface area contributed by atoms with Gasteiger partial charge < -0.3 is 9.55 Å². The SMILES string of the molecule is C=N/C=c1\c(=C)[nH]c2c1ccc1c2c2ncccc2n1C. The molecule has 0 atom stereocenters. The van der Waals surface area contributed by atoms with Crippen molar-refractivity contribution >= 4 is 52.3 Å². The average Bonchev–Trinajstić information content (AvgIpc) is 2.97. The Morgan fingerprint density at radius 3 is 2.95 bits per heavy atom. The van der Waals surface area contributed by atoms with Crippen LogP contribution in [0.3, 0.4) is 0 Å². The maximum atomic E-state index is 4.56.